The number of nitrogens with one attached hydrogen (secondary N) is 1. The van der Waals surface area contributed by atoms with Crippen LogP contribution in [-0.4, -0.2) is 84.7 Å². The minimum Gasteiger partial charge on any atom is -0.496 e. The zero-order valence-electron chi connectivity index (χ0n) is 27.4. The Morgan fingerprint density at radius 2 is 1.55 bits per heavy atom. The largest absolute Gasteiger partial charge is 0.496 e. The number of piperazine rings is 1. The molecule has 256 valence electrons. The maximum Gasteiger partial charge on any atom is 0.416 e. The molecular formula is C37H39F3N6O3. The molecular weight excluding hydrogens is 633 g/mol. The lowest BCUT2D eigenvalue weighted by Crippen LogP contribution is -2.46. The van der Waals surface area contributed by atoms with Crippen molar-refractivity contribution in [1.82, 2.24) is 20.0 Å². The van der Waals surface area contributed by atoms with Gasteiger partial charge in [-0.3, -0.25) is 19.6 Å². The topological polar surface area (TPSA) is 85.0 Å². The average Bonchev–Trinajstić information content (AvgIpc) is 3.77. The van der Waals surface area contributed by atoms with E-state index in [1.54, 1.807) is 31.6 Å². The first-order valence-electron chi connectivity index (χ1n) is 16.7. The third-order valence-corrected chi connectivity index (χ3v) is 10.4. The van der Waals surface area contributed by atoms with E-state index in [-0.39, 0.29) is 11.8 Å². The van der Waals surface area contributed by atoms with Gasteiger partial charge in [0.25, 0.3) is 5.91 Å². The van der Waals surface area contributed by atoms with Gasteiger partial charge in [-0.05, 0) is 73.4 Å². The molecule has 0 saturated carbocycles. The summed E-state index contributed by atoms with van der Waals surface area (Å²) in [5, 5.41) is 6.85. The quantitative estimate of drug-likeness (QED) is 0.256. The number of amides is 2. The Hall–Kier alpha value is -4.84. The second kappa shape index (κ2) is 13.2. The van der Waals surface area contributed by atoms with Gasteiger partial charge in [0.2, 0.25) is 5.91 Å². The summed E-state index contributed by atoms with van der Waals surface area (Å²) in [5.74, 6) is 0.768. The molecule has 49 heavy (non-hydrogen) atoms. The lowest BCUT2D eigenvalue weighted by molar-refractivity contribution is -0.137. The van der Waals surface area contributed by atoms with Crippen molar-refractivity contribution >= 4 is 23.2 Å². The van der Waals surface area contributed by atoms with Crippen LogP contribution in [0.15, 0.2) is 79.1 Å². The first-order valence-corrected chi connectivity index (χ1v) is 16.7. The maximum atomic E-state index is 13.8. The molecule has 0 unspecified atom stereocenters. The van der Waals surface area contributed by atoms with Crippen molar-refractivity contribution in [2.45, 2.75) is 32.0 Å². The number of aromatic amines is 1. The number of piperidine rings is 1. The molecule has 1 aromatic heterocycles. The highest BCUT2D eigenvalue weighted by molar-refractivity contribution is 6.01. The summed E-state index contributed by atoms with van der Waals surface area (Å²) in [7, 11) is 1.62. The zero-order chi connectivity index (χ0) is 34.2. The second-order valence-electron chi connectivity index (χ2n) is 13.2. The third-order valence-electron chi connectivity index (χ3n) is 10.4. The average molecular weight is 673 g/mol. The molecule has 3 fully saturated rings. The first-order chi connectivity index (χ1) is 23.6. The van der Waals surface area contributed by atoms with Crippen molar-refractivity contribution in [2.24, 2.45) is 5.41 Å². The fourth-order valence-electron chi connectivity index (χ4n) is 7.37. The standard InChI is InChI=1S/C37H39F3N6O3/c1-49-33-22-31(10-11-32(33)28-23-41-42-24-28)46-17-14-36(35(46)48)12-15-45(16-13-36)34(47)27-4-8-30(9-5-27)44-20-18-43(19-21-44)25-26-2-6-29(7-3-26)37(38,39)40/h2-11,22-24H,12-21,25H2,1H3,(H,41,42). The lowest BCUT2D eigenvalue weighted by atomic mass is 9.77. The molecule has 9 nitrogen and oxygen atoms in total. The van der Waals surface area contributed by atoms with Crippen LogP contribution in [-0.2, 0) is 17.5 Å². The number of methoxy groups -OCH3 is 1. The number of likely N-dealkylation sites (tertiary alicyclic amines) is 1. The number of halogens is 3. The first kappa shape index (κ1) is 32.7. The van der Waals surface area contributed by atoms with Crippen LogP contribution in [0.25, 0.3) is 11.1 Å². The number of benzene rings is 3. The minimum absolute atomic E-state index is 0.0235. The number of carbonyl (C=O) groups is 2. The van der Waals surface area contributed by atoms with Gasteiger partial charge in [0.1, 0.15) is 5.75 Å². The smallest absolute Gasteiger partial charge is 0.416 e. The SMILES string of the molecule is COc1cc(N2CCC3(CCN(C(=O)c4ccc(N5CCN(Cc6ccc(C(F)(F)F)cc6)CC5)cc4)CC3)C2=O)ccc1-c1cn[nH]c1. The number of aromatic nitrogens is 2. The van der Waals surface area contributed by atoms with Gasteiger partial charge >= 0.3 is 6.18 Å². The van der Waals surface area contributed by atoms with Crippen LogP contribution in [0.5, 0.6) is 5.75 Å². The van der Waals surface area contributed by atoms with Crippen LogP contribution in [0.1, 0.15) is 40.7 Å². The van der Waals surface area contributed by atoms with E-state index in [1.165, 1.54) is 0 Å². The molecule has 0 aliphatic carbocycles. The highest BCUT2D eigenvalue weighted by Gasteiger charge is 2.49. The number of hydrogen-bond donors (Lipinski definition) is 1. The van der Waals surface area contributed by atoms with Gasteiger partial charge in [-0.1, -0.05) is 12.1 Å². The molecule has 12 heteroatoms. The molecule has 1 N–H and O–H groups in total. The van der Waals surface area contributed by atoms with E-state index in [0.717, 1.165) is 72.8 Å². The number of anilines is 2. The molecule has 0 atom stereocenters. The molecule has 2 amide bonds. The van der Waals surface area contributed by atoms with Gasteiger partial charge in [0.15, 0.2) is 0 Å². The number of alkyl halides is 3. The van der Waals surface area contributed by atoms with Crippen molar-refractivity contribution in [3.05, 3.63) is 95.8 Å². The van der Waals surface area contributed by atoms with E-state index in [9.17, 15) is 22.8 Å². The fourth-order valence-corrected chi connectivity index (χ4v) is 7.37. The van der Waals surface area contributed by atoms with Gasteiger partial charge in [-0.25, -0.2) is 0 Å². The third kappa shape index (κ3) is 6.61. The summed E-state index contributed by atoms with van der Waals surface area (Å²) in [6.07, 6.45) is 1.23. The van der Waals surface area contributed by atoms with Crippen molar-refractivity contribution in [3.63, 3.8) is 0 Å². The van der Waals surface area contributed by atoms with Crippen molar-refractivity contribution in [2.75, 3.05) is 62.7 Å². The summed E-state index contributed by atoms with van der Waals surface area (Å²) in [6.45, 7) is 5.45. The Kier molecular flexibility index (Phi) is 8.82. The molecule has 4 aromatic rings. The molecule has 4 heterocycles. The van der Waals surface area contributed by atoms with Crippen molar-refractivity contribution in [1.29, 1.82) is 0 Å². The predicted molar refractivity (Wildman–Crippen MR) is 180 cm³/mol. The van der Waals surface area contributed by atoms with Gasteiger partial charge in [-0.2, -0.15) is 18.3 Å². The Labute approximate surface area is 283 Å². The Morgan fingerprint density at radius 3 is 2.18 bits per heavy atom. The van der Waals surface area contributed by atoms with Gasteiger partial charge < -0.3 is 19.4 Å². The van der Waals surface area contributed by atoms with Crippen LogP contribution in [0.4, 0.5) is 24.5 Å². The highest BCUT2D eigenvalue weighted by Crippen LogP contribution is 2.44. The summed E-state index contributed by atoms with van der Waals surface area (Å²) in [5.41, 5.74) is 4.05. The molecule has 3 aliphatic heterocycles. The monoisotopic (exact) mass is 672 g/mol. The number of rotatable bonds is 7. The minimum atomic E-state index is -4.33. The molecule has 7 rings (SSSR count). The van der Waals surface area contributed by atoms with E-state index >= 15 is 0 Å². The molecule has 0 radical (unpaired) electrons. The number of carbonyl (C=O) groups excluding carboxylic acids is 2. The molecule has 0 bridgehead atoms. The van der Waals surface area contributed by atoms with Crippen LogP contribution < -0.4 is 14.5 Å². The molecule has 3 saturated heterocycles. The summed E-state index contributed by atoms with van der Waals surface area (Å²) in [6, 6.07) is 18.9. The Bertz CT molecular complexity index is 1780. The van der Waals surface area contributed by atoms with Crippen LogP contribution in [0.3, 0.4) is 0 Å². The summed E-state index contributed by atoms with van der Waals surface area (Å²) >= 11 is 0. The lowest BCUT2D eigenvalue weighted by Gasteiger charge is -2.38. The molecule has 3 aliphatic rings. The number of hydrogen-bond acceptors (Lipinski definition) is 6. The van der Waals surface area contributed by atoms with E-state index in [1.807, 2.05) is 52.3 Å². The summed E-state index contributed by atoms with van der Waals surface area (Å²) in [4.78, 5) is 35.5. The maximum absolute atomic E-state index is 13.8. The zero-order valence-corrected chi connectivity index (χ0v) is 27.4. The number of H-pyrrole nitrogens is 1. The Morgan fingerprint density at radius 1 is 0.878 bits per heavy atom. The Balaban J connectivity index is 0.910. The highest BCUT2D eigenvalue weighted by atomic mass is 19.4. The van der Waals surface area contributed by atoms with E-state index in [0.29, 0.717) is 50.3 Å². The molecule has 1 spiro atoms. The van der Waals surface area contributed by atoms with Crippen molar-refractivity contribution < 1.29 is 27.5 Å². The van der Waals surface area contributed by atoms with E-state index in [4.69, 9.17) is 4.74 Å². The van der Waals surface area contributed by atoms with Crippen LogP contribution in [0, 0.1) is 5.41 Å². The van der Waals surface area contributed by atoms with Crippen LogP contribution in [0.2, 0.25) is 0 Å². The van der Waals surface area contributed by atoms with E-state index < -0.39 is 17.2 Å². The summed E-state index contributed by atoms with van der Waals surface area (Å²) < 4.78 is 44.3. The van der Waals surface area contributed by atoms with Gasteiger partial charge in [-0.15, -0.1) is 0 Å². The van der Waals surface area contributed by atoms with Crippen LogP contribution >= 0.6 is 0 Å². The normalized spacial score (nSPS) is 18.4. The van der Waals surface area contributed by atoms with Gasteiger partial charge in [0.05, 0.1) is 24.3 Å². The van der Waals surface area contributed by atoms with E-state index in [2.05, 4.69) is 20.0 Å². The number of ether oxygens (including phenoxy) is 1. The second-order valence-corrected chi connectivity index (χ2v) is 13.2. The van der Waals surface area contributed by atoms with Gasteiger partial charge in [0, 0.05) is 92.7 Å². The molecule has 3 aromatic carbocycles. The fraction of sp³-hybridized carbons (Fsp3) is 0.378. The number of nitrogens with zero attached hydrogens (tertiary/aromatic N) is 5. The predicted octanol–water partition coefficient (Wildman–Crippen LogP) is 6.09. The van der Waals surface area contributed by atoms with Crippen molar-refractivity contribution in [3.8, 4) is 16.9 Å².